The number of nitrogens with one attached hydrogen (secondary N) is 1. The lowest BCUT2D eigenvalue weighted by atomic mass is 9.99. The van der Waals surface area contributed by atoms with Crippen LogP contribution in [0.2, 0.25) is 0 Å². The maximum Gasteiger partial charge on any atom is 0.211 e. The fourth-order valence-electron chi connectivity index (χ4n) is 3.87. The van der Waals surface area contributed by atoms with E-state index >= 15 is 0 Å². The molecule has 0 aliphatic carbocycles. The summed E-state index contributed by atoms with van der Waals surface area (Å²) in [5, 5.41) is 9.83. The van der Waals surface area contributed by atoms with Crippen LogP contribution in [0.1, 0.15) is 44.3 Å². The van der Waals surface area contributed by atoms with Gasteiger partial charge in [-0.05, 0) is 19.8 Å². The zero-order chi connectivity index (χ0) is 17.9. The number of nitrogens with zero attached hydrogens (tertiary/aromatic N) is 4. The van der Waals surface area contributed by atoms with E-state index < -0.39 is 10.0 Å². The van der Waals surface area contributed by atoms with Gasteiger partial charge in [0.1, 0.15) is 5.82 Å². The number of sulfonamides is 1. The Morgan fingerprint density at radius 2 is 2.00 bits per heavy atom. The third kappa shape index (κ3) is 4.75. The molecule has 25 heavy (non-hydrogen) atoms. The van der Waals surface area contributed by atoms with Crippen LogP contribution < -0.4 is 4.90 Å². The number of rotatable bonds is 7. The first-order chi connectivity index (χ1) is 12.0. The van der Waals surface area contributed by atoms with E-state index in [1.165, 1.54) is 38.7 Å². The van der Waals surface area contributed by atoms with Crippen LogP contribution in [0.25, 0.3) is 0 Å². The Bertz CT molecular complexity index is 670. The van der Waals surface area contributed by atoms with E-state index in [2.05, 4.69) is 21.7 Å². The van der Waals surface area contributed by atoms with Gasteiger partial charge in [0.05, 0.1) is 31.6 Å². The smallest absolute Gasteiger partial charge is 0.211 e. The van der Waals surface area contributed by atoms with E-state index in [0.717, 1.165) is 36.1 Å². The molecule has 9 heteroatoms. The largest absolute Gasteiger partial charge is 0.334 e. The maximum atomic E-state index is 11.9. The molecule has 7 nitrogen and oxygen atoms in total. The monoisotopic (exact) mass is 388 g/mol. The molecular formula is C16H30N5O2S2+. The molecule has 0 saturated carbocycles. The molecule has 3 heterocycles. The van der Waals surface area contributed by atoms with Gasteiger partial charge < -0.3 is 9.47 Å². The lowest BCUT2D eigenvalue weighted by molar-refractivity contribution is -0.884. The first-order valence-corrected chi connectivity index (χ1v) is 12.2. The van der Waals surface area contributed by atoms with Gasteiger partial charge in [-0.15, -0.1) is 10.2 Å². The molecule has 0 radical (unpaired) electrons. The quantitative estimate of drug-likeness (QED) is 0.676. The van der Waals surface area contributed by atoms with E-state index in [0.29, 0.717) is 13.1 Å². The summed E-state index contributed by atoms with van der Waals surface area (Å²) in [6.07, 6.45) is 5.87. The van der Waals surface area contributed by atoms with Crippen LogP contribution >= 0.6 is 11.8 Å². The molecule has 0 spiro atoms. The van der Waals surface area contributed by atoms with Crippen molar-refractivity contribution in [2.24, 2.45) is 0 Å². The van der Waals surface area contributed by atoms with E-state index in [-0.39, 0.29) is 5.92 Å². The fourth-order valence-corrected chi connectivity index (χ4v) is 5.83. The Kier molecular flexibility index (Phi) is 6.40. The van der Waals surface area contributed by atoms with E-state index in [1.54, 1.807) is 21.0 Å². The van der Waals surface area contributed by atoms with E-state index in [4.69, 9.17) is 0 Å². The molecule has 1 N–H and O–H groups in total. The lowest BCUT2D eigenvalue weighted by Crippen LogP contribution is -3.10. The van der Waals surface area contributed by atoms with Gasteiger partial charge in [-0.3, -0.25) is 0 Å². The number of aromatic nitrogens is 3. The summed E-state index contributed by atoms with van der Waals surface area (Å²) < 4.78 is 27.5. The molecule has 2 aliphatic heterocycles. The Hall–Kier alpha value is -0.640. The van der Waals surface area contributed by atoms with Crippen molar-refractivity contribution in [3.63, 3.8) is 0 Å². The molecule has 2 saturated heterocycles. The summed E-state index contributed by atoms with van der Waals surface area (Å²) in [4.78, 5) is 1.70. The minimum absolute atomic E-state index is 0.148. The topological polar surface area (TPSA) is 72.5 Å². The van der Waals surface area contributed by atoms with Gasteiger partial charge in [-0.25, -0.2) is 12.7 Å². The third-order valence-corrected chi connectivity index (χ3v) is 7.52. The minimum atomic E-state index is -3.14. The predicted molar refractivity (Wildman–Crippen MR) is 99.6 cm³/mol. The SMILES string of the molecule is CCn1c(SCC[NH+]2CCCC2)nnc1[C@H]1CCCN(S(C)(=O)=O)C1. The second-order valence-corrected chi connectivity index (χ2v) is 10.1. The van der Waals surface area contributed by atoms with Crippen molar-refractivity contribution in [1.82, 2.24) is 19.1 Å². The molecule has 0 unspecified atom stereocenters. The molecule has 0 amide bonds. The van der Waals surface area contributed by atoms with Gasteiger partial charge in [0.25, 0.3) is 0 Å². The summed E-state index contributed by atoms with van der Waals surface area (Å²) >= 11 is 1.79. The van der Waals surface area contributed by atoms with Gasteiger partial charge in [0, 0.05) is 38.4 Å². The molecule has 2 aliphatic rings. The summed E-state index contributed by atoms with van der Waals surface area (Å²) in [7, 11) is -3.14. The Labute approximate surface area is 155 Å². The van der Waals surface area contributed by atoms with Crippen LogP contribution in [0.15, 0.2) is 5.16 Å². The summed E-state index contributed by atoms with van der Waals surface area (Å²) in [6, 6.07) is 0. The highest BCUT2D eigenvalue weighted by Crippen LogP contribution is 2.29. The molecule has 0 bridgehead atoms. The predicted octanol–water partition coefficient (Wildman–Crippen LogP) is 0.208. The standard InChI is InChI=1S/C16H29N5O2S2/c1-3-21-15(14-7-6-10-20(13-14)25(2,22)23)17-18-16(21)24-12-11-19-8-4-5-9-19/h14H,3-13H2,1-2H3/p+1/t14-/m0/s1. The van der Waals surface area contributed by atoms with Gasteiger partial charge in [0.2, 0.25) is 10.0 Å². The van der Waals surface area contributed by atoms with Crippen molar-refractivity contribution in [2.45, 2.75) is 50.2 Å². The van der Waals surface area contributed by atoms with E-state index in [1.807, 2.05) is 0 Å². The molecule has 1 aromatic rings. The molecule has 0 aromatic carbocycles. The van der Waals surface area contributed by atoms with Crippen LogP contribution in [0, 0.1) is 0 Å². The highest BCUT2D eigenvalue weighted by molar-refractivity contribution is 7.99. The lowest BCUT2D eigenvalue weighted by Gasteiger charge is -2.30. The highest BCUT2D eigenvalue weighted by Gasteiger charge is 2.30. The molecule has 1 atom stereocenters. The van der Waals surface area contributed by atoms with Crippen molar-refractivity contribution in [3.8, 4) is 0 Å². The number of piperidine rings is 1. The van der Waals surface area contributed by atoms with Crippen LogP contribution in [0.3, 0.4) is 0 Å². The number of likely N-dealkylation sites (tertiary alicyclic amines) is 1. The van der Waals surface area contributed by atoms with Crippen molar-refractivity contribution in [3.05, 3.63) is 5.82 Å². The van der Waals surface area contributed by atoms with Gasteiger partial charge in [-0.2, -0.15) is 0 Å². The minimum Gasteiger partial charge on any atom is -0.334 e. The van der Waals surface area contributed by atoms with Gasteiger partial charge in [0.15, 0.2) is 5.16 Å². The molecular weight excluding hydrogens is 358 g/mol. The Morgan fingerprint density at radius 1 is 1.24 bits per heavy atom. The van der Waals surface area contributed by atoms with Crippen LogP contribution in [-0.4, -0.2) is 72.2 Å². The number of hydrogen-bond acceptors (Lipinski definition) is 5. The average Bonchev–Trinajstić information content (AvgIpc) is 3.23. The average molecular weight is 389 g/mol. The summed E-state index contributed by atoms with van der Waals surface area (Å²) in [6.45, 7) is 7.87. The Balaban J connectivity index is 1.64. The van der Waals surface area contributed by atoms with Crippen LogP contribution in [0.5, 0.6) is 0 Å². The first-order valence-electron chi connectivity index (χ1n) is 9.33. The van der Waals surface area contributed by atoms with Gasteiger partial charge >= 0.3 is 0 Å². The second kappa shape index (κ2) is 8.37. The first kappa shape index (κ1) is 19.1. The Morgan fingerprint density at radius 3 is 2.68 bits per heavy atom. The van der Waals surface area contributed by atoms with Crippen molar-refractivity contribution >= 4 is 21.8 Å². The second-order valence-electron chi connectivity index (χ2n) is 7.10. The zero-order valence-electron chi connectivity index (χ0n) is 15.3. The number of thioether (sulfide) groups is 1. The molecule has 2 fully saturated rings. The number of hydrogen-bond donors (Lipinski definition) is 1. The van der Waals surface area contributed by atoms with Gasteiger partial charge in [-0.1, -0.05) is 11.8 Å². The maximum absolute atomic E-state index is 11.9. The molecule has 1 aromatic heterocycles. The fraction of sp³-hybridized carbons (Fsp3) is 0.875. The molecule has 3 rings (SSSR count). The normalized spacial score (nSPS) is 23.4. The van der Waals surface area contributed by atoms with Crippen LogP contribution in [-0.2, 0) is 16.6 Å². The van der Waals surface area contributed by atoms with Crippen molar-refractivity contribution in [2.75, 3.05) is 44.7 Å². The van der Waals surface area contributed by atoms with Crippen LogP contribution in [0.4, 0.5) is 0 Å². The third-order valence-electron chi connectivity index (χ3n) is 5.28. The summed E-state index contributed by atoms with van der Waals surface area (Å²) in [5.41, 5.74) is 0. The van der Waals surface area contributed by atoms with Crippen molar-refractivity contribution in [1.29, 1.82) is 0 Å². The molecule has 142 valence electrons. The van der Waals surface area contributed by atoms with E-state index in [9.17, 15) is 8.42 Å². The number of quaternary nitrogens is 1. The summed E-state index contributed by atoms with van der Waals surface area (Å²) in [5.74, 6) is 2.16. The van der Waals surface area contributed by atoms with Crippen molar-refractivity contribution < 1.29 is 13.3 Å². The highest BCUT2D eigenvalue weighted by atomic mass is 32.2. The zero-order valence-corrected chi connectivity index (χ0v) is 16.9.